The Morgan fingerprint density at radius 2 is 0.885 bits per heavy atom. The molecule has 0 fully saturated rings. The molecule has 3 aromatic heterocycles. The van der Waals surface area contributed by atoms with Crippen molar-refractivity contribution in [2.75, 3.05) is 0 Å². The zero-order chi connectivity index (χ0) is 41.5. The van der Waals surface area contributed by atoms with Crippen molar-refractivity contribution in [2.45, 2.75) is 26.2 Å². The van der Waals surface area contributed by atoms with Gasteiger partial charge in [-0.1, -0.05) is 172 Å². The molecule has 290 valence electrons. The average molecular weight is 785 g/mol. The number of nitriles is 1. The summed E-state index contributed by atoms with van der Waals surface area (Å²) in [6.45, 7) is 6.72. The summed E-state index contributed by atoms with van der Waals surface area (Å²) >= 11 is 0. The van der Waals surface area contributed by atoms with Crippen molar-refractivity contribution >= 4 is 21.8 Å². The van der Waals surface area contributed by atoms with E-state index in [1.165, 1.54) is 5.56 Å². The summed E-state index contributed by atoms with van der Waals surface area (Å²) in [5, 5.41) is 13.1. The molecule has 6 nitrogen and oxygen atoms in total. The minimum Gasteiger partial charge on any atom is -0.308 e. The highest BCUT2D eigenvalue weighted by molar-refractivity contribution is 6.11. The minimum atomic E-state index is -0.120. The smallest absolute Gasteiger partial charge is 0.162 e. The first-order chi connectivity index (χ1) is 29.8. The number of para-hydroxylation sites is 1. The van der Waals surface area contributed by atoms with E-state index in [0.717, 1.165) is 72.4 Å². The van der Waals surface area contributed by atoms with Crippen LogP contribution in [0.25, 0.3) is 95.3 Å². The highest BCUT2D eigenvalue weighted by atomic mass is 15.0. The normalized spacial score (nSPS) is 11.5. The zero-order valence-electron chi connectivity index (χ0n) is 34.1. The molecule has 0 amide bonds. The molecule has 7 aromatic carbocycles. The number of rotatable bonds is 7. The largest absolute Gasteiger partial charge is 0.308 e. The van der Waals surface area contributed by atoms with Gasteiger partial charge >= 0.3 is 0 Å². The fraction of sp³-hybridized carbons (Fsp3) is 0.0727. The van der Waals surface area contributed by atoms with Crippen molar-refractivity contribution in [1.82, 2.24) is 24.5 Å². The van der Waals surface area contributed by atoms with E-state index < -0.39 is 0 Å². The van der Waals surface area contributed by atoms with Crippen LogP contribution in [0.4, 0.5) is 0 Å². The molecule has 0 N–H and O–H groups in total. The molecular formula is C55H40N6. The Morgan fingerprint density at radius 1 is 0.426 bits per heavy atom. The molecule has 10 rings (SSSR count). The first kappa shape index (κ1) is 37.3. The molecule has 0 radical (unpaired) electrons. The molecule has 10 aromatic rings. The lowest BCUT2D eigenvalue weighted by Crippen LogP contribution is -2.11. The molecule has 0 aliphatic rings. The van der Waals surface area contributed by atoms with E-state index in [1.54, 1.807) is 0 Å². The molecule has 0 bridgehead atoms. The zero-order valence-corrected chi connectivity index (χ0v) is 34.1. The molecule has 0 spiro atoms. The van der Waals surface area contributed by atoms with Crippen molar-refractivity contribution in [3.05, 3.63) is 199 Å². The maximum absolute atomic E-state index is 10.9. The van der Waals surface area contributed by atoms with Crippen LogP contribution in [-0.2, 0) is 5.41 Å². The third-order valence-corrected chi connectivity index (χ3v) is 11.2. The molecule has 0 saturated carbocycles. The summed E-state index contributed by atoms with van der Waals surface area (Å²) in [5.41, 5.74) is 12.6. The highest BCUT2D eigenvalue weighted by Crippen LogP contribution is 2.43. The summed E-state index contributed by atoms with van der Waals surface area (Å²) in [6, 6.07) is 66.4. The number of hydrogen-bond donors (Lipinski definition) is 0. The van der Waals surface area contributed by atoms with Crippen LogP contribution in [0.2, 0.25) is 0 Å². The Morgan fingerprint density at radius 3 is 1.44 bits per heavy atom. The summed E-state index contributed by atoms with van der Waals surface area (Å²) in [7, 11) is 0. The summed E-state index contributed by atoms with van der Waals surface area (Å²) < 4.78 is 2.33. The van der Waals surface area contributed by atoms with Crippen LogP contribution >= 0.6 is 0 Å². The number of hydrogen-bond acceptors (Lipinski definition) is 5. The van der Waals surface area contributed by atoms with E-state index in [1.807, 2.05) is 109 Å². The van der Waals surface area contributed by atoms with E-state index in [0.29, 0.717) is 28.5 Å². The van der Waals surface area contributed by atoms with Crippen molar-refractivity contribution in [2.24, 2.45) is 0 Å². The van der Waals surface area contributed by atoms with Gasteiger partial charge in [0.2, 0.25) is 0 Å². The number of nitrogens with zero attached hydrogens (tertiary/aromatic N) is 6. The molecule has 3 heterocycles. The lowest BCUT2D eigenvalue weighted by molar-refractivity contribution is 0.591. The molecule has 0 unspecified atom stereocenters. The van der Waals surface area contributed by atoms with Crippen LogP contribution in [-0.4, -0.2) is 24.5 Å². The molecular weight excluding hydrogens is 745 g/mol. The maximum atomic E-state index is 10.9. The van der Waals surface area contributed by atoms with Crippen LogP contribution in [0.15, 0.2) is 188 Å². The lowest BCUT2D eigenvalue weighted by atomic mass is 9.86. The van der Waals surface area contributed by atoms with E-state index >= 15 is 0 Å². The van der Waals surface area contributed by atoms with Crippen LogP contribution < -0.4 is 0 Å². The third-order valence-electron chi connectivity index (χ3n) is 11.2. The molecule has 61 heavy (non-hydrogen) atoms. The second-order valence-corrected chi connectivity index (χ2v) is 16.3. The first-order valence-electron chi connectivity index (χ1n) is 20.5. The Labute approximate surface area is 355 Å². The number of aromatic nitrogens is 5. The lowest BCUT2D eigenvalue weighted by Gasteiger charge is -2.22. The van der Waals surface area contributed by atoms with E-state index in [9.17, 15) is 5.26 Å². The molecule has 0 atom stereocenters. The third kappa shape index (κ3) is 7.03. The number of benzene rings is 7. The van der Waals surface area contributed by atoms with Gasteiger partial charge in [-0.05, 0) is 47.4 Å². The van der Waals surface area contributed by atoms with E-state index in [-0.39, 0.29) is 5.41 Å². The van der Waals surface area contributed by atoms with Crippen molar-refractivity contribution < 1.29 is 0 Å². The predicted molar refractivity (Wildman–Crippen MR) is 248 cm³/mol. The van der Waals surface area contributed by atoms with Crippen molar-refractivity contribution in [3.8, 4) is 79.6 Å². The van der Waals surface area contributed by atoms with Gasteiger partial charge in [0.05, 0.1) is 51.1 Å². The SMILES string of the molecule is CC(C)(C)c1ccc2c3ccccc3n(-c3c(-c4cc(-c5ccccc5)nc(-c5ccccc5)n4)cc(C#N)cc3-c3nc(-c4ccccc4)cc(-c4ccccc4)n3)c2c1. The van der Waals surface area contributed by atoms with Crippen LogP contribution in [0, 0.1) is 11.3 Å². The molecule has 0 aliphatic carbocycles. The predicted octanol–water partition coefficient (Wildman–Crippen LogP) is 13.5. The van der Waals surface area contributed by atoms with Gasteiger partial charge in [0.1, 0.15) is 0 Å². The van der Waals surface area contributed by atoms with Gasteiger partial charge in [-0.3, -0.25) is 0 Å². The second kappa shape index (κ2) is 15.3. The Kier molecular flexibility index (Phi) is 9.35. The van der Waals surface area contributed by atoms with Crippen LogP contribution in [0.5, 0.6) is 0 Å². The fourth-order valence-corrected chi connectivity index (χ4v) is 8.12. The first-order valence-corrected chi connectivity index (χ1v) is 20.5. The molecule has 6 heteroatoms. The van der Waals surface area contributed by atoms with Gasteiger partial charge in [-0.15, -0.1) is 0 Å². The minimum absolute atomic E-state index is 0.120. The molecule has 0 aliphatic heterocycles. The maximum Gasteiger partial charge on any atom is 0.162 e. The average Bonchev–Trinajstić information content (AvgIpc) is 3.65. The van der Waals surface area contributed by atoms with Crippen molar-refractivity contribution in [1.29, 1.82) is 5.26 Å². The topological polar surface area (TPSA) is 80.3 Å². The summed E-state index contributed by atoms with van der Waals surface area (Å²) in [5.74, 6) is 1.07. The van der Waals surface area contributed by atoms with Crippen molar-refractivity contribution in [3.63, 3.8) is 0 Å². The second-order valence-electron chi connectivity index (χ2n) is 16.3. The Balaban J connectivity index is 1.38. The van der Waals surface area contributed by atoms with Crippen LogP contribution in [0.1, 0.15) is 31.9 Å². The Bertz CT molecular complexity index is 3010. The van der Waals surface area contributed by atoms with Gasteiger partial charge in [0.15, 0.2) is 11.6 Å². The Hall–Kier alpha value is -8.01. The quantitative estimate of drug-likeness (QED) is 0.161. The summed E-state index contributed by atoms with van der Waals surface area (Å²) in [6.07, 6.45) is 0. The summed E-state index contributed by atoms with van der Waals surface area (Å²) in [4.78, 5) is 21.2. The fourth-order valence-electron chi connectivity index (χ4n) is 8.12. The van der Waals surface area contributed by atoms with Gasteiger partial charge in [-0.25, -0.2) is 19.9 Å². The standard InChI is InChI=1S/C55H40N6/c1-55(2,3)41-28-29-43-42-26-16-17-27-50(42)61(51(43)32-41)52-44(49-34-48(39-22-12-6-13-23-39)57-53(60-49)40-24-14-7-15-25-40)30-36(35-56)31-45(52)54-58-46(37-18-8-4-9-19-37)33-47(59-54)38-20-10-5-11-21-38/h4-34H,1-3H3. The molecule has 0 saturated heterocycles. The monoisotopic (exact) mass is 784 g/mol. The van der Waals surface area contributed by atoms with Crippen LogP contribution in [0.3, 0.4) is 0 Å². The van der Waals surface area contributed by atoms with Gasteiger partial charge in [0, 0.05) is 44.2 Å². The van der Waals surface area contributed by atoms with Gasteiger partial charge in [0.25, 0.3) is 0 Å². The highest BCUT2D eigenvalue weighted by Gasteiger charge is 2.26. The van der Waals surface area contributed by atoms with E-state index in [2.05, 4.69) is 110 Å². The van der Waals surface area contributed by atoms with E-state index in [4.69, 9.17) is 19.9 Å². The van der Waals surface area contributed by atoms with Gasteiger partial charge in [-0.2, -0.15) is 5.26 Å². The van der Waals surface area contributed by atoms with Gasteiger partial charge < -0.3 is 4.57 Å². The number of fused-ring (bicyclic) bond motifs is 3.